The topological polar surface area (TPSA) is 131 Å². The number of hydrogen-bond acceptors (Lipinski definition) is 10. The van der Waals surface area contributed by atoms with Gasteiger partial charge in [-0.3, -0.25) is 0 Å². The van der Waals surface area contributed by atoms with Gasteiger partial charge in [-0.15, -0.1) is 0 Å². The number of aromatic nitrogens is 3. The van der Waals surface area contributed by atoms with Crippen LogP contribution in [0.5, 0.6) is 0 Å². The molecule has 0 saturated carbocycles. The molecule has 0 fully saturated rings. The summed E-state index contributed by atoms with van der Waals surface area (Å²) in [4.78, 5) is 39.9. The number of rotatable bonds is 19. The molecule has 0 atom stereocenters. The molecule has 37 heavy (non-hydrogen) atoms. The zero-order valence-electron chi connectivity index (χ0n) is 23.8. The molecule has 1 heterocycles. The van der Waals surface area contributed by atoms with Crippen LogP contribution in [0.4, 0.5) is 0 Å². The highest BCUT2D eigenvalue weighted by Crippen LogP contribution is 2.16. The fraction of sp³-hybridized carbons (Fsp3) is 0.857. The van der Waals surface area contributed by atoms with E-state index in [-0.39, 0.29) is 19.6 Å². The van der Waals surface area contributed by atoms with E-state index >= 15 is 0 Å². The summed E-state index contributed by atoms with van der Waals surface area (Å²) in [6, 6.07) is 1.57. The van der Waals surface area contributed by atoms with E-state index in [2.05, 4.69) is 0 Å². The van der Waals surface area contributed by atoms with E-state index in [1.807, 2.05) is 13.1 Å². The Morgan fingerprint density at radius 2 is 0.757 bits per heavy atom. The molecule has 16 heteroatoms. The Morgan fingerprint density at radius 3 is 1.00 bits per heavy atom. The van der Waals surface area contributed by atoms with Crippen molar-refractivity contribution in [2.45, 2.75) is 70.1 Å². The van der Waals surface area contributed by atoms with Crippen LogP contribution in [0, 0.1) is 0 Å². The molecule has 0 amide bonds. The SMILES string of the molecule is CO[Si](C)(CCCn1c(=O)n(CCC[Si](C)(OC)OC)c(=O)n(CCC[Si](OC)(OC)OC)c1=O)OC. The second-order valence-corrected chi connectivity index (χ2v) is 19.3. The van der Waals surface area contributed by atoms with Crippen molar-refractivity contribution in [3.63, 3.8) is 0 Å². The van der Waals surface area contributed by atoms with Gasteiger partial charge in [-0.1, -0.05) is 0 Å². The molecule has 0 radical (unpaired) electrons. The van der Waals surface area contributed by atoms with Crippen molar-refractivity contribution in [1.29, 1.82) is 0 Å². The normalized spacial score (nSPS) is 12.9. The Kier molecular flexibility index (Phi) is 14.1. The third-order valence-electron chi connectivity index (χ3n) is 6.94. The second-order valence-electron chi connectivity index (χ2n) is 8.99. The van der Waals surface area contributed by atoms with Gasteiger partial charge in [-0.05, 0) is 44.4 Å². The van der Waals surface area contributed by atoms with Gasteiger partial charge in [0.05, 0.1) is 0 Å². The average molecular weight is 584 g/mol. The lowest BCUT2D eigenvalue weighted by molar-refractivity contribution is 0.122. The Bertz CT molecular complexity index is 930. The van der Waals surface area contributed by atoms with Crippen molar-refractivity contribution in [3.05, 3.63) is 31.5 Å². The fourth-order valence-corrected chi connectivity index (χ4v) is 8.41. The van der Waals surface area contributed by atoms with Gasteiger partial charge in [0, 0.05) is 75.4 Å². The Balaban J connectivity index is 3.32. The Morgan fingerprint density at radius 1 is 0.486 bits per heavy atom. The van der Waals surface area contributed by atoms with Gasteiger partial charge in [-0.25, -0.2) is 28.1 Å². The number of hydrogen-bond donors (Lipinski definition) is 0. The van der Waals surface area contributed by atoms with Gasteiger partial charge in [0.2, 0.25) is 0 Å². The first-order valence-electron chi connectivity index (χ1n) is 12.2. The van der Waals surface area contributed by atoms with E-state index in [1.54, 1.807) is 28.4 Å². The lowest BCUT2D eigenvalue weighted by Gasteiger charge is -2.24. The first kappa shape index (κ1) is 33.8. The summed E-state index contributed by atoms with van der Waals surface area (Å²) in [5.74, 6) is 0. The molecule has 0 unspecified atom stereocenters. The summed E-state index contributed by atoms with van der Waals surface area (Å²) >= 11 is 0. The quantitative estimate of drug-likeness (QED) is 0.217. The van der Waals surface area contributed by atoms with Crippen molar-refractivity contribution < 1.29 is 31.0 Å². The summed E-state index contributed by atoms with van der Waals surface area (Å²) in [7, 11) is 3.24. The maximum atomic E-state index is 13.3. The van der Waals surface area contributed by atoms with E-state index in [4.69, 9.17) is 31.0 Å². The average Bonchev–Trinajstić information content (AvgIpc) is 2.92. The molecule has 0 aliphatic carbocycles. The van der Waals surface area contributed by atoms with Gasteiger partial charge in [0.15, 0.2) is 0 Å². The second kappa shape index (κ2) is 15.4. The van der Waals surface area contributed by atoms with Crippen LogP contribution >= 0.6 is 0 Å². The largest absolute Gasteiger partial charge is 0.500 e. The highest BCUT2D eigenvalue weighted by Gasteiger charge is 2.37. The minimum absolute atomic E-state index is 0.0913. The van der Waals surface area contributed by atoms with Crippen LogP contribution in [0.1, 0.15) is 19.3 Å². The predicted octanol–water partition coefficient (Wildman–Crippen LogP) is 0.950. The van der Waals surface area contributed by atoms with Crippen molar-refractivity contribution in [1.82, 2.24) is 13.7 Å². The van der Waals surface area contributed by atoms with Crippen LogP contribution in [-0.4, -0.2) is 89.4 Å². The van der Waals surface area contributed by atoms with E-state index in [9.17, 15) is 14.4 Å². The van der Waals surface area contributed by atoms with Crippen LogP contribution in [0.3, 0.4) is 0 Å². The molecule has 1 aromatic rings. The molecule has 0 aliphatic heterocycles. The van der Waals surface area contributed by atoms with Crippen LogP contribution in [0.2, 0.25) is 31.2 Å². The number of nitrogens with zero attached hydrogens (tertiary/aromatic N) is 3. The standard InChI is InChI=1S/C21H45N3O10Si3/c1-28-35(8,29-2)16-10-13-22-19(25)23(14-11-17-36(9,30-3)31-4)21(27)24(20(22)26)15-12-18-37(32-5,33-6)34-7/h10-18H2,1-9H3. The van der Waals surface area contributed by atoms with Crippen molar-refractivity contribution in [2.75, 3.05) is 49.8 Å². The summed E-state index contributed by atoms with van der Waals surface area (Å²) in [6.07, 6.45) is 1.37. The van der Waals surface area contributed by atoms with Gasteiger partial charge < -0.3 is 31.0 Å². The van der Waals surface area contributed by atoms with Gasteiger partial charge in [0.1, 0.15) is 0 Å². The Labute approximate surface area is 222 Å². The molecule has 0 aromatic carbocycles. The van der Waals surface area contributed by atoms with Gasteiger partial charge in [0.25, 0.3) is 0 Å². The molecule has 0 N–H and O–H groups in total. The third kappa shape index (κ3) is 8.91. The summed E-state index contributed by atoms with van der Waals surface area (Å²) in [5.41, 5.74) is -1.91. The van der Waals surface area contributed by atoms with Crippen molar-refractivity contribution in [2.24, 2.45) is 0 Å². The monoisotopic (exact) mass is 583 g/mol. The summed E-state index contributed by atoms with van der Waals surface area (Å²) < 4.78 is 41.7. The molecule has 1 rings (SSSR count). The molecule has 0 spiro atoms. The highest BCUT2D eigenvalue weighted by atomic mass is 28.4. The first-order chi connectivity index (χ1) is 17.4. The van der Waals surface area contributed by atoms with E-state index in [1.165, 1.54) is 21.3 Å². The van der Waals surface area contributed by atoms with Gasteiger partial charge >= 0.3 is 43.0 Å². The van der Waals surface area contributed by atoms with Crippen LogP contribution in [-0.2, 0) is 50.6 Å². The molecule has 13 nitrogen and oxygen atoms in total. The maximum absolute atomic E-state index is 13.3. The van der Waals surface area contributed by atoms with Crippen LogP contribution < -0.4 is 17.1 Å². The van der Waals surface area contributed by atoms with E-state index < -0.39 is 43.0 Å². The third-order valence-corrected chi connectivity index (χ3v) is 15.7. The maximum Gasteiger partial charge on any atom is 0.500 e. The molecule has 1 aromatic heterocycles. The molecule has 216 valence electrons. The van der Waals surface area contributed by atoms with Gasteiger partial charge in [-0.2, -0.15) is 0 Å². The minimum atomic E-state index is -2.88. The van der Waals surface area contributed by atoms with Crippen molar-refractivity contribution in [3.8, 4) is 0 Å². The minimum Gasteiger partial charge on any atom is -0.398 e. The zero-order chi connectivity index (χ0) is 28.3. The molecule has 0 bridgehead atoms. The fourth-order valence-electron chi connectivity index (χ4n) is 3.96. The van der Waals surface area contributed by atoms with Crippen LogP contribution in [0.25, 0.3) is 0 Å². The summed E-state index contributed by atoms with van der Waals surface area (Å²) in [6.45, 7) is 4.21. The molecular weight excluding hydrogens is 539 g/mol. The lowest BCUT2D eigenvalue weighted by atomic mass is 10.4. The van der Waals surface area contributed by atoms with E-state index in [0.717, 1.165) is 13.7 Å². The molecular formula is C21H45N3O10Si3. The summed E-state index contributed by atoms with van der Waals surface area (Å²) in [5, 5.41) is 0. The molecule has 0 aliphatic rings. The van der Waals surface area contributed by atoms with Crippen LogP contribution in [0.15, 0.2) is 14.4 Å². The first-order valence-corrected chi connectivity index (χ1v) is 19.2. The van der Waals surface area contributed by atoms with E-state index in [0.29, 0.717) is 37.4 Å². The predicted molar refractivity (Wildman–Crippen MR) is 146 cm³/mol. The highest BCUT2D eigenvalue weighted by molar-refractivity contribution is 6.66. The smallest absolute Gasteiger partial charge is 0.398 e. The van der Waals surface area contributed by atoms with Crippen molar-refractivity contribution >= 4 is 25.9 Å². The zero-order valence-corrected chi connectivity index (χ0v) is 26.8. The Hall–Kier alpha value is -1.22. The molecule has 0 saturated heterocycles. The lowest BCUT2D eigenvalue weighted by Crippen LogP contribution is -2.55.